The number of hydrogen-bond donors (Lipinski definition) is 3. The third-order valence-electron chi connectivity index (χ3n) is 5.07. The molecule has 0 saturated carbocycles. The van der Waals surface area contributed by atoms with Gasteiger partial charge in [-0.2, -0.15) is 0 Å². The summed E-state index contributed by atoms with van der Waals surface area (Å²) in [6, 6.07) is 19.0. The summed E-state index contributed by atoms with van der Waals surface area (Å²) in [7, 11) is 1.67. The molecule has 0 saturated heterocycles. The Bertz CT molecular complexity index is 1120. The fraction of sp³-hybridized carbons (Fsp3) is 0.130. The van der Waals surface area contributed by atoms with Crippen molar-refractivity contribution in [3.63, 3.8) is 0 Å². The minimum atomic E-state index is -0.146. The molecular weight excluding hydrogens is 532 g/mol. The van der Waals surface area contributed by atoms with Crippen molar-refractivity contribution in [1.29, 1.82) is 0 Å². The zero-order chi connectivity index (χ0) is 21.3. The van der Waals surface area contributed by atoms with Crippen molar-refractivity contribution in [1.82, 2.24) is 5.32 Å². The molecule has 0 radical (unpaired) electrons. The van der Waals surface area contributed by atoms with E-state index in [-0.39, 0.29) is 18.0 Å². The van der Waals surface area contributed by atoms with Gasteiger partial charge in [0.05, 0.1) is 18.2 Å². The predicted octanol–water partition coefficient (Wildman–Crippen LogP) is 5.53. The SMILES string of the molecule is COc1ccc(Br)cc1C1NC(c2cccc(Br)c2)=CC(c2cc(Cl)ccc2O)[NH2+]1. The van der Waals surface area contributed by atoms with Crippen LogP contribution < -0.4 is 15.4 Å². The Morgan fingerprint density at radius 2 is 1.80 bits per heavy atom. The summed E-state index contributed by atoms with van der Waals surface area (Å²) in [6.07, 6.45) is 1.97. The first-order valence-electron chi connectivity index (χ1n) is 9.36. The van der Waals surface area contributed by atoms with Crippen molar-refractivity contribution >= 4 is 49.2 Å². The first-order valence-corrected chi connectivity index (χ1v) is 11.3. The molecule has 1 aliphatic heterocycles. The highest BCUT2D eigenvalue weighted by molar-refractivity contribution is 9.10. The van der Waals surface area contributed by atoms with Crippen LogP contribution in [0.1, 0.15) is 28.9 Å². The van der Waals surface area contributed by atoms with E-state index in [1.807, 2.05) is 36.4 Å². The molecular formula is C23H20Br2ClN2O2+. The molecule has 3 aromatic carbocycles. The Hall–Kier alpha value is -1.99. The lowest BCUT2D eigenvalue weighted by atomic mass is 9.97. The molecule has 4 N–H and O–H groups in total. The molecule has 30 heavy (non-hydrogen) atoms. The number of phenols is 1. The second kappa shape index (κ2) is 9.02. The van der Waals surface area contributed by atoms with Gasteiger partial charge in [0.2, 0.25) is 0 Å². The lowest BCUT2D eigenvalue weighted by Crippen LogP contribution is -2.89. The molecule has 2 atom stereocenters. The number of methoxy groups -OCH3 is 1. The molecule has 154 valence electrons. The van der Waals surface area contributed by atoms with Gasteiger partial charge in [0.1, 0.15) is 17.5 Å². The predicted molar refractivity (Wildman–Crippen MR) is 126 cm³/mol. The van der Waals surface area contributed by atoms with Crippen molar-refractivity contribution in [2.24, 2.45) is 0 Å². The van der Waals surface area contributed by atoms with E-state index in [0.717, 1.165) is 37.1 Å². The first-order chi connectivity index (χ1) is 14.4. The zero-order valence-corrected chi connectivity index (χ0v) is 20.0. The van der Waals surface area contributed by atoms with Crippen LogP contribution in [0.25, 0.3) is 5.70 Å². The minimum absolute atomic E-state index is 0.139. The standard InChI is InChI=1S/C23H19Br2ClN2O2/c1-30-22-8-5-15(25)10-18(22)23-27-19(13-3-2-4-14(24)9-13)12-20(28-23)17-11-16(26)6-7-21(17)29/h2-12,20,23,27-29H,1H3/p+1. The number of phenolic OH excluding ortho intramolecular Hbond substituents is 1. The minimum Gasteiger partial charge on any atom is -0.507 e. The van der Waals surface area contributed by atoms with E-state index >= 15 is 0 Å². The van der Waals surface area contributed by atoms with Gasteiger partial charge in [0.25, 0.3) is 0 Å². The van der Waals surface area contributed by atoms with Crippen LogP contribution in [0.4, 0.5) is 0 Å². The number of nitrogens with two attached hydrogens (primary N) is 1. The van der Waals surface area contributed by atoms with E-state index in [2.05, 4.69) is 60.7 Å². The summed E-state index contributed by atoms with van der Waals surface area (Å²) in [4.78, 5) is 0. The second-order valence-corrected chi connectivity index (χ2v) is 9.29. The van der Waals surface area contributed by atoms with Crippen LogP contribution in [0.2, 0.25) is 5.02 Å². The fourth-order valence-corrected chi connectivity index (χ4v) is 4.62. The summed E-state index contributed by atoms with van der Waals surface area (Å²) < 4.78 is 7.58. The van der Waals surface area contributed by atoms with E-state index < -0.39 is 0 Å². The number of nitrogens with one attached hydrogen (secondary N) is 1. The highest BCUT2D eigenvalue weighted by atomic mass is 79.9. The molecule has 0 bridgehead atoms. The van der Waals surface area contributed by atoms with Gasteiger partial charge in [-0.1, -0.05) is 55.6 Å². The molecule has 0 aliphatic carbocycles. The number of aromatic hydroxyl groups is 1. The third-order valence-corrected chi connectivity index (χ3v) is 6.29. The maximum absolute atomic E-state index is 10.5. The molecule has 7 heteroatoms. The van der Waals surface area contributed by atoms with E-state index in [9.17, 15) is 5.11 Å². The van der Waals surface area contributed by atoms with Gasteiger partial charge in [-0.05, 0) is 54.1 Å². The molecule has 2 unspecified atom stereocenters. The van der Waals surface area contributed by atoms with E-state index in [1.54, 1.807) is 19.2 Å². The van der Waals surface area contributed by atoms with Crippen molar-refractivity contribution in [2.45, 2.75) is 12.2 Å². The molecule has 4 nitrogen and oxygen atoms in total. The highest BCUT2D eigenvalue weighted by Crippen LogP contribution is 2.34. The molecule has 0 aromatic heterocycles. The zero-order valence-electron chi connectivity index (χ0n) is 16.1. The molecule has 3 aromatic rings. The van der Waals surface area contributed by atoms with Crippen LogP contribution in [-0.2, 0) is 0 Å². The van der Waals surface area contributed by atoms with Gasteiger partial charge in [0.15, 0.2) is 6.17 Å². The van der Waals surface area contributed by atoms with E-state index in [0.29, 0.717) is 5.02 Å². The summed E-state index contributed by atoms with van der Waals surface area (Å²) >= 11 is 13.4. The molecule has 1 aliphatic rings. The molecule has 0 spiro atoms. The lowest BCUT2D eigenvalue weighted by Gasteiger charge is -2.31. The Kier molecular flexibility index (Phi) is 6.39. The Balaban J connectivity index is 1.82. The van der Waals surface area contributed by atoms with Gasteiger partial charge in [-0.25, -0.2) is 0 Å². The number of ether oxygens (including phenoxy) is 1. The van der Waals surface area contributed by atoms with Crippen molar-refractivity contribution < 1.29 is 15.2 Å². The summed E-state index contributed by atoms with van der Waals surface area (Å²) in [5, 5.41) is 16.9. The van der Waals surface area contributed by atoms with E-state index in [1.165, 1.54) is 0 Å². The summed E-state index contributed by atoms with van der Waals surface area (Å²) in [5.74, 6) is 1.00. The number of benzene rings is 3. The van der Waals surface area contributed by atoms with Crippen LogP contribution >= 0.6 is 43.5 Å². The second-order valence-electron chi connectivity index (χ2n) is 7.02. The normalized spacial score (nSPS) is 18.5. The first kappa shape index (κ1) is 21.2. The van der Waals surface area contributed by atoms with Crippen LogP contribution in [0, 0.1) is 0 Å². The number of hydrogen-bond acceptors (Lipinski definition) is 3. The maximum atomic E-state index is 10.5. The molecule has 1 heterocycles. The van der Waals surface area contributed by atoms with Gasteiger partial charge in [-0.3, -0.25) is 0 Å². The largest absolute Gasteiger partial charge is 0.507 e. The number of quaternary nitrogens is 1. The van der Waals surface area contributed by atoms with Crippen LogP contribution in [-0.4, -0.2) is 12.2 Å². The van der Waals surface area contributed by atoms with Crippen LogP contribution in [0.15, 0.2) is 75.7 Å². The fourth-order valence-electron chi connectivity index (χ4n) is 3.66. The van der Waals surface area contributed by atoms with Crippen LogP contribution in [0.5, 0.6) is 11.5 Å². The molecule has 0 amide bonds. The maximum Gasteiger partial charge on any atom is 0.190 e. The Morgan fingerprint density at radius 3 is 2.57 bits per heavy atom. The Labute approximate surface area is 197 Å². The van der Waals surface area contributed by atoms with Gasteiger partial charge < -0.3 is 20.5 Å². The monoisotopic (exact) mass is 549 g/mol. The number of rotatable bonds is 4. The lowest BCUT2D eigenvalue weighted by molar-refractivity contribution is -0.731. The van der Waals surface area contributed by atoms with E-state index in [4.69, 9.17) is 16.3 Å². The van der Waals surface area contributed by atoms with Crippen molar-refractivity contribution in [2.75, 3.05) is 7.11 Å². The van der Waals surface area contributed by atoms with Crippen molar-refractivity contribution in [3.8, 4) is 11.5 Å². The average molecular weight is 552 g/mol. The number of halogens is 3. The highest BCUT2D eigenvalue weighted by Gasteiger charge is 2.31. The third kappa shape index (κ3) is 4.52. The molecule has 0 fully saturated rings. The summed E-state index contributed by atoms with van der Waals surface area (Å²) in [6.45, 7) is 0. The van der Waals surface area contributed by atoms with Crippen LogP contribution in [0.3, 0.4) is 0 Å². The van der Waals surface area contributed by atoms with Gasteiger partial charge in [-0.15, -0.1) is 0 Å². The topological polar surface area (TPSA) is 58.1 Å². The van der Waals surface area contributed by atoms with Crippen molar-refractivity contribution in [3.05, 3.63) is 97.4 Å². The quantitative estimate of drug-likeness (QED) is 0.400. The summed E-state index contributed by atoms with van der Waals surface area (Å²) in [5.41, 5.74) is 3.77. The average Bonchev–Trinajstić information content (AvgIpc) is 2.75. The van der Waals surface area contributed by atoms with Gasteiger partial charge in [0, 0.05) is 25.7 Å². The van der Waals surface area contributed by atoms with Gasteiger partial charge >= 0.3 is 0 Å². The molecule has 4 rings (SSSR count). The smallest absolute Gasteiger partial charge is 0.190 e. The Morgan fingerprint density at radius 1 is 1.00 bits per heavy atom.